The van der Waals surface area contributed by atoms with Crippen molar-refractivity contribution in [3.63, 3.8) is 0 Å². The van der Waals surface area contributed by atoms with E-state index < -0.39 is 0 Å². The largest absolute Gasteiger partial charge is 0.343 e. The van der Waals surface area contributed by atoms with E-state index in [0.717, 1.165) is 42.7 Å². The van der Waals surface area contributed by atoms with Gasteiger partial charge in [0, 0.05) is 37.3 Å². The maximum Gasteiger partial charge on any atom is 0.219 e. The summed E-state index contributed by atoms with van der Waals surface area (Å²) >= 11 is 0. The zero-order valence-electron chi connectivity index (χ0n) is 15.2. The summed E-state index contributed by atoms with van der Waals surface area (Å²) in [6.07, 6.45) is 3.92. The third-order valence-electron chi connectivity index (χ3n) is 5.56. The molecule has 1 saturated heterocycles. The van der Waals surface area contributed by atoms with E-state index >= 15 is 0 Å². The van der Waals surface area contributed by atoms with Gasteiger partial charge in [-0.25, -0.2) is 4.39 Å². The molecular weight excluding hydrogens is 327 g/mol. The van der Waals surface area contributed by atoms with E-state index in [0.29, 0.717) is 11.3 Å². The topological polar surface area (TPSA) is 25.2 Å². The van der Waals surface area contributed by atoms with Gasteiger partial charge in [0.2, 0.25) is 5.91 Å². The van der Waals surface area contributed by atoms with Gasteiger partial charge in [0.1, 0.15) is 5.82 Å². The molecule has 26 heavy (non-hydrogen) atoms. The van der Waals surface area contributed by atoms with Crippen molar-refractivity contribution in [3.05, 3.63) is 65.6 Å². The first-order chi connectivity index (χ1) is 12.5. The van der Waals surface area contributed by atoms with E-state index in [1.165, 1.54) is 11.6 Å². The Hall–Kier alpha value is -2.62. The quantitative estimate of drug-likeness (QED) is 0.651. The molecule has 0 radical (unpaired) electrons. The van der Waals surface area contributed by atoms with Gasteiger partial charge in [-0.05, 0) is 61.1 Å². The summed E-state index contributed by atoms with van der Waals surface area (Å²) in [7, 11) is 0. The van der Waals surface area contributed by atoms with Gasteiger partial charge < -0.3 is 9.47 Å². The van der Waals surface area contributed by atoms with Crippen LogP contribution >= 0.6 is 0 Å². The Morgan fingerprint density at radius 1 is 1.12 bits per heavy atom. The number of rotatable bonds is 2. The maximum atomic E-state index is 14.1. The number of benzene rings is 2. The molecule has 0 aliphatic carbocycles. The van der Waals surface area contributed by atoms with Crippen LogP contribution in [0.1, 0.15) is 36.8 Å². The van der Waals surface area contributed by atoms with Crippen molar-refractivity contribution in [3.8, 4) is 5.69 Å². The van der Waals surface area contributed by atoms with Gasteiger partial charge in [-0.3, -0.25) is 4.79 Å². The Kier molecular flexibility index (Phi) is 4.27. The second-order valence-electron chi connectivity index (χ2n) is 7.19. The number of halogens is 1. The lowest BCUT2D eigenvalue weighted by atomic mass is 9.89. The van der Waals surface area contributed by atoms with Gasteiger partial charge in [-0.15, -0.1) is 0 Å². The average Bonchev–Trinajstić information content (AvgIpc) is 3.11. The number of piperidine rings is 1. The minimum atomic E-state index is -0.183. The number of amides is 1. The maximum absolute atomic E-state index is 14.1. The molecule has 134 valence electrons. The minimum absolute atomic E-state index is 0.161. The van der Waals surface area contributed by atoms with Crippen molar-refractivity contribution < 1.29 is 9.18 Å². The lowest BCUT2D eigenvalue weighted by Crippen LogP contribution is -2.36. The van der Waals surface area contributed by atoms with Crippen LogP contribution in [0.5, 0.6) is 0 Å². The molecular formula is C22H23FN2O. The second-order valence-corrected chi connectivity index (χ2v) is 7.19. The fourth-order valence-electron chi connectivity index (χ4n) is 4.07. The number of carbonyl (C=O) groups excluding carboxylic acids is 1. The summed E-state index contributed by atoms with van der Waals surface area (Å²) < 4.78 is 16.2. The molecule has 0 bridgehead atoms. The van der Waals surface area contributed by atoms with Crippen LogP contribution in [0.15, 0.2) is 48.7 Å². The smallest absolute Gasteiger partial charge is 0.219 e. The molecule has 0 unspecified atom stereocenters. The summed E-state index contributed by atoms with van der Waals surface area (Å²) in [4.78, 5) is 13.4. The van der Waals surface area contributed by atoms with Crippen LogP contribution in [0, 0.1) is 12.7 Å². The molecule has 1 aliphatic heterocycles. The number of aromatic nitrogens is 1. The van der Waals surface area contributed by atoms with Crippen LogP contribution in [0.3, 0.4) is 0 Å². The Morgan fingerprint density at radius 2 is 1.88 bits per heavy atom. The lowest BCUT2D eigenvalue weighted by Gasteiger charge is -2.31. The normalized spacial score (nSPS) is 15.6. The molecule has 1 amide bonds. The van der Waals surface area contributed by atoms with Gasteiger partial charge in [0.25, 0.3) is 0 Å². The molecule has 1 aliphatic rings. The van der Waals surface area contributed by atoms with Gasteiger partial charge in [-0.1, -0.05) is 18.2 Å². The number of hydrogen-bond acceptors (Lipinski definition) is 1. The number of hydrogen-bond donors (Lipinski definition) is 0. The monoisotopic (exact) mass is 350 g/mol. The fourth-order valence-corrected chi connectivity index (χ4v) is 4.07. The minimum Gasteiger partial charge on any atom is -0.343 e. The summed E-state index contributed by atoms with van der Waals surface area (Å²) in [5, 5.41) is 0.658. The van der Waals surface area contributed by atoms with E-state index in [4.69, 9.17) is 0 Å². The second kappa shape index (κ2) is 6.60. The first-order valence-corrected chi connectivity index (χ1v) is 9.16. The van der Waals surface area contributed by atoms with Gasteiger partial charge >= 0.3 is 0 Å². The van der Waals surface area contributed by atoms with E-state index in [9.17, 15) is 9.18 Å². The predicted molar refractivity (Wildman–Crippen MR) is 102 cm³/mol. The van der Waals surface area contributed by atoms with E-state index in [1.807, 2.05) is 30.2 Å². The molecule has 0 atom stereocenters. The molecule has 1 fully saturated rings. The first-order valence-electron chi connectivity index (χ1n) is 9.16. The number of likely N-dealkylation sites (tertiary alicyclic amines) is 1. The zero-order valence-corrected chi connectivity index (χ0v) is 15.2. The third-order valence-corrected chi connectivity index (χ3v) is 5.56. The highest BCUT2D eigenvalue weighted by Crippen LogP contribution is 2.31. The molecule has 4 heteroatoms. The molecule has 0 N–H and O–H groups in total. The standard InChI is InChI=1S/C22H23FN2O/c1-15-6-7-21(23)20-10-13-25(22(15)20)19-5-3-4-18(14-19)17-8-11-24(12-9-17)16(2)26/h3-7,10,13-14,17H,8-9,11-12H2,1-2H3. The molecule has 2 aromatic carbocycles. The summed E-state index contributed by atoms with van der Waals surface area (Å²) in [5.41, 5.74) is 4.34. The van der Waals surface area contributed by atoms with Gasteiger partial charge in [0.05, 0.1) is 5.52 Å². The van der Waals surface area contributed by atoms with E-state index in [2.05, 4.69) is 28.8 Å². The van der Waals surface area contributed by atoms with Crippen molar-refractivity contribution in [2.24, 2.45) is 0 Å². The molecule has 0 spiro atoms. The van der Waals surface area contributed by atoms with Crippen LogP contribution in [0.4, 0.5) is 4.39 Å². The Balaban J connectivity index is 1.67. The van der Waals surface area contributed by atoms with Crippen molar-refractivity contribution in [1.29, 1.82) is 0 Å². The molecule has 0 saturated carbocycles. The molecule has 3 aromatic rings. The third kappa shape index (κ3) is 2.90. The summed E-state index contributed by atoms with van der Waals surface area (Å²) in [6, 6.07) is 13.7. The highest BCUT2D eigenvalue weighted by Gasteiger charge is 2.22. The SMILES string of the molecule is CC(=O)N1CCC(c2cccc(-n3ccc4c(F)ccc(C)c43)c2)CC1. The highest BCUT2D eigenvalue weighted by atomic mass is 19.1. The Morgan fingerprint density at radius 3 is 2.62 bits per heavy atom. The number of aryl methyl sites for hydroxylation is 1. The van der Waals surface area contributed by atoms with Crippen molar-refractivity contribution >= 4 is 16.8 Å². The van der Waals surface area contributed by atoms with Crippen LogP contribution in [0.25, 0.3) is 16.6 Å². The van der Waals surface area contributed by atoms with E-state index in [-0.39, 0.29) is 11.7 Å². The predicted octanol–water partition coefficient (Wildman–Crippen LogP) is 4.80. The zero-order chi connectivity index (χ0) is 18.3. The lowest BCUT2D eigenvalue weighted by molar-refractivity contribution is -0.129. The fraction of sp³-hybridized carbons (Fsp3) is 0.318. The number of nitrogens with zero attached hydrogens (tertiary/aromatic N) is 2. The van der Waals surface area contributed by atoms with Crippen LogP contribution in [-0.2, 0) is 4.79 Å². The van der Waals surface area contributed by atoms with Crippen molar-refractivity contribution in [1.82, 2.24) is 9.47 Å². The molecule has 2 heterocycles. The van der Waals surface area contributed by atoms with Crippen LogP contribution < -0.4 is 0 Å². The molecule has 3 nitrogen and oxygen atoms in total. The number of fused-ring (bicyclic) bond motifs is 1. The average molecular weight is 350 g/mol. The Labute approximate surface area is 153 Å². The number of carbonyl (C=O) groups is 1. The first kappa shape index (κ1) is 16.8. The van der Waals surface area contributed by atoms with Crippen molar-refractivity contribution in [2.45, 2.75) is 32.6 Å². The Bertz CT molecular complexity index is 967. The highest BCUT2D eigenvalue weighted by molar-refractivity contribution is 5.85. The van der Waals surface area contributed by atoms with Gasteiger partial charge in [0.15, 0.2) is 0 Å². The van der Waals surface area contributed by atoms with E-state index in [1.54, 1.807) is 6.92 Å². The molecule has 1 aromatic heterocycles. The van der Waals surface area contributed by atoms with Crippen LogP contribution in [-0.4, -0.2) is 28.5 Å². The van der Waals surface area contributed by atoms with Crippen LogP contribution in [0.2, 0.25) is 0 Å². The van der Waals surface area contributed by atoms with Crippen molar-refractivity contribution in [2.75, 3.05) is 13.1 Å². The van der Waals surface area contributed by atoms with Gasteiger partial charge in [-0.2, -0.15) is 0 Å². The summed E-state index contributed by atoms with van der Waals surface area (Å²) in [6.45, 7) is 5.29. The summed E-state index contributed by atoms with van der Waals surface area (Å²) in [5.74, 6) is 0.441. The molecule has 4 rings (SSSR count).